The van der Waals surface area contributed by atoms with E-state index in [-0.39, 0.29) is 0 Å². The number of fused-ring (bicyclic) bond motifs is 11. The van der Waals surface area contributed by atoms with E-state index in [4.69, 9.17) is 14.4 Å². The van der Waals surface area contributed by atoms with Gasteiger partial charge in [0, 0.05) is 44.1 Å². The Bertz CT molecular complexity index is 4100. The second-order valence-electron chi connectivity index (χ2n) is 17.4. The summed E-state index contributed by atoms with van der Waals surface area (Å²) in [5.74, 6) is 1.40. The van der Waals surface area contributed by atoms with Crippen LogP contribution in [0.2, 0.25) is 0 Å². The molecule has 0 aliphatic carbocycles. The van der Waals surface area contributed by atoms with Gasteiger partial charge < -0.3 is 14.3 Å². The third kappa shape index (κ3) is 5.73. The van der Waals surface area contributed by atoms with Gasteiger partial charge in [-0.25, -0.2) is 9.98 Å². The predicted molar refractivity (Wildman–Crippen MR) is 275 cm³/mol. The largest absolute Gasteiger partial charge is 0.455 e. The third-order valence-corrected chi connectivity index (χ3v) is 13.6. The van der Waals surface area contributed by atoms with E-state index in [9.17, 15) is 0 Å². The van der Waals surface area contributed by atoms with Crippen LogP contribution < -0.4 is 5.32 Å². The molecular formula is C61H38N4O. The van der Waals surface area contributed by atoms with Crippen molar-refractivity contribution in [3.8, 4) is 16.8 Å². The quantitative estimate of drug-likeness (QED) is 0.188. The van der Waals surface area contributed by atoms with Gasteiger partial charge in [0.25, 0.3) is 0 Å². The fourth-order valence-electron chi connectivity index (χ4n) is 10.4. The number of hydrogen-bond donors (Lipinski definition) is 1. The lowest BCUT2D eigenvalue weighted by molar-refractivity contribution is 0.670. The summed E-state index contributed by atoms with van der Waals surface area (Å²) in [4.78, 5) is 11.0. The molecule has 0 radical (unpaired) electrons. The fourth-order valence-corrected chi connectivity index (χ4v) is 10.4. The van der Waals surface area contributed by atoms with E-state index in [2.05, 4.69) is 228 Å². The highest BCUT2D eigenvalue weighted by Gasteiger charge is 2.27. The van der Waals surface area contributed by atoms with Gasteiger partial charge in [0.15, 0.2) is 5.84 Å². The molecule has 66 heavy (non-hydrogen) atoms. The van der Waals surface area contributed by atoms with Gasteiger partial charge in [0.05, 0.1) is 16.7 Å². The van der Waals surface area contributed by atoms with Crippen LogP contribution in [0.4, 0.5) is 0 Å². The number of nitrogens with one attached hydrogen (secondary N) is 1. The van der Waals surface area contributed by atoms with Gasteiger partial charge in [0.2, 0.25) is 0 Å². The lowest BCUT2D eigenvalue weighted by Crippen LogP contribution is -2.33. The van der Waals surface area contributed by atoms with Crippen LogP contribution in [0, 0.1) is 0 Å². The number of benzene rings is 11. The second-order valence-corrected chi connectivity index (χ2v) is 17.4. The Balaban J connectivity index is 1.06. The molecule has 2 aromatic heterocycles. The van der Waals surface area contributed by atoms with Crippen molar-refractivity contribution in [2.24, 2.45) is 9.98 Å². The molecule has 308 valence electrons. The molecular weight excluding hydrogens is 805 g/mol. The summed E-state index contributed by atoms with van der Waals surface area (Å²) in [5.41, 5.74) is 10.2. The third-order valence-electron chi connectivity index (χ3n) is 13.6. The zero-order chi connectivity index (χ0) is 43.3. The standard InChI is InChI=1S/C61H38N4O/c1-2-13-37(14-3-1)38-25-27-41(28-26-38)59-62-60(49-24-12-21-39-15-8-10-22-47(39)49)64-61(63-59)53-35-46(36-56-57(53)50-30-29-40-16-9-11-23-48(40)58(50)66-56)65-54-33-44-19-6-4-17-42(44)31-51(54)52-32-43-18-5-7-20-45(43)34-55(52)65/h1-36,59H,(H,62,63,64). The normalized spacial score (nSPS) is 14.2. The molecule has 1 atom stereocenters. The molecule has 5 heteroatoms. The van der Waals surface area contributed by atoms with Crippen LogP contribution in [0.15, 0.2) is 233 Å². The molecule has 1 aliphatic rings. The number of nitrogens with zero attached hydrogens (tertiary/aromatic N) is 3. The minimum Gasteiger partial charge on any atom is -0.455 e. The molecule has 1 N–H and O–H groups in total. The molecule has 11 aromatic carbocycles. The monoisotopic (exact) mass is 842 g/mol. The van der Waals surface area contributed by atoms with Crippen LogP contribution >= 0.6 is 0 Å². The Morgan fingerprint density at radius 1 is 0.424 bits per heavy atom. The number of hydrogen-bond acceptors (Lipinski definition) is 4. The molecule has 1 unspecified atom stereocenters. The zero-order valence-electron chi connectivity index (χ0n) is 35.6. The Hall–Kier alpha value is -8.80. The van der Waals surface area contributed by atoms with Crippen LogP contribution in [0.3, 0.4) is 0 Å². The van der Waals surface area contributed by atoms with Crippen molar-refractivity contribution in [1.29, 1.82) is 0 Å². The topological polar surface area (TPSA) is 54.8 Å². The van der Waals surface area contributed by atoms with Gasteiger partial charge in [-0.3, -0.25) is 0 Å². The highest BCUT2D eigenvalue weighted by molar-refractivity contribution is 6.26. The lowest BCUT2D eigenvalue weighted by Gasteiger charge is -2.25. The first-order valence-corrected chi connectivity index (χ1v) is 22.5. The SMILES string of the molecule is c1ccc(-c2ccc(C3N=C(c4cccc5ccccc45)N=C(c4cc(-n5c6cc7ccccc7cc6c6cc7ccccc7cc65)cc5oc6c7ccccc7ccc6c45)N3)cc2)cc1. The second kappa shape index (κ2) is 14.4. The molecule has 0 bridgehead atoms. The minimum absolute atomic E-state index is 0.431. The Morgan fingerprint density at radius 2 is 1.00 bits per heavy atom. The van der Waals surface area contributed by atoms with Gasteiger partial charge in [-0.15, -0.1) is 0 Å². The van der Waals surface area contributed by atoms with E-state index < -0.39 is 6.17 Å². The average molecular weight is 843 g/mol. The van der Waals surface area contributed by atoms with Crippen molar-refractivity contribution in [2.75, 3.05) is 0 Å². The van der Waals surface area contributed by atoms with E-state index in [1.165, 1.54) is 37.9 Å². The summed E-state index contributed by atoms with van der Waals surface area (Å²) in [6.45, 7) is 0. The number of amidine groups is 2. The molecule has 0 saturated heterocycles. The number of aliphatic imine (C=N–C) groups is 2. The van der Waals surface area contributed by atoms with Gasteiger partial charge in [-0.1, -0.05) is 176 Å². The summed E-state index contributed by atoms with van der Waals surface area (Å²) in [6, 6.07) is 78.2. The van der Waals surface area contributed by atoms with E-state index in [1.54, 1.807) is 0 Å². The number of furan rings is 1. The minimum atomic E-state index is -0.431. The Labute approximate surface area is 379 Å². The van der Waals surface area contributed by atoms with E-state index >= 15 is 0 Å². The van der Waals surface area contributed by atoms with Gasteiger partial charge >= 0.3 is 0 Å². The molecule has 0 spiro atoms. The first-order valence-electron chi connectivity index (χ1n) is 22.5. The molecule has 5 nitrogen and oxygen atoms in total. The maximum atomic E-state index is 7.11. The highest BCUT2D eigenvalue weighted by atomic mass is 16.3. The average Bonchev–Trinajstić information content (AvgIpc) is 3.92. The first kappa shape index (κ1) is 36.7. The summed E-state index contributed by atoms with van der Waals surface area (Å²) in [6.07, 6.45) is -0.431. The van der Waals surface area contributed by atoms with Gasteiger partial charge in [0.1, 0.15) is 23.2 Å². The molecule has 0 saturated carbocycles. The summed E-state index contributed by atoms with van der Waals surface area (Å²) in [7, 11) is 0. The van der Waals surface area contributed by atoms with Crippen LogP contribution in [0.5, 0.6) is 0 Å². The van der Waals surface area contributed by atoms with E-state index in [0.29, 0.717) is 5.84 Å². The first-order chi connectivity index (χ1) is 32.7. The van der Waals surface area contributed by atoms with Crippen molar-refractivity contribution in [1.82, 2.24) is 9.88 Å². The van der Waals surface area contributed by atoms with Crippen molar-refractivity contribution in [2.45, 2.75) is 6.17 Å². The molecule has 14 rings (SSSR count). The molecule has 13 aromatic rings. The summed E-state index contributed by atoms with van der Waals surface area (Å²) < 4.78 is 9.53. The van der Waals surface area contributed by atoms with E-state index in [0.717, 1.165) is 88.3 Å². The Morgan fingerprint density at radius 3 is 1.70 bits per heavy atom. The predicted octanol–water partition coefficient (Wildman–Crippen LogP) is 15.5. The van der Waals surface area contributed by atoms with Crippen molar-refractivity contribution >= 4 is 98.5 Å². The van der Waals surface area contributed by atoms with Crippen LogP contribution in [-0.4, -0.2) is 16.2 Å². The maximum absolute atomic E-state index is 7.11. The molecule has 3 heterocycles. The van der Waals surface area contributed by atoms with Crippen LogP contribution in [0.1, 0.15) is 22.9 Å². The van der Waals surface area contributed by atoms with Crippen molar-refractivity contribution in [3.63, 3.8) is 0 Å². The smallest absolute Gasteiger partial charge is 0.160 e. The van der Waals surface area contributed by atoms with Crippen LogP contribution in [0.25, 0.3) is 104 Å². The van der Waals surface area contributed by atoms with Crippen LogP contribution in [-0.2, 0) is 0 Å². The zero-order valence-corrected chi connectivity index (χ0v) is 35.6. The molecule has 1 aliphatic heterocycles. The number of rotatable bonds is 5. The fraction of sp³-hybridized carbons (Fsp3) is 0.0164. The molecule has 0 fully saturated rings. The molecule has 0 amide bonds. The van der Waals surface area contributed by atoms with Crippen molar-refractivity contribution in [3.05, 3.63) is 235 Å². The summed E-state index contributed by atoms with van der Waals surface area (Å²) >= 11 is 0. The summed E-state index contributed by atoms with van der Waals surface area (Å²) in [5, 5.41) is 17.5. The van der Waals surface area contributed by atoms with E-state index in [1.807, 2.05) is 0 Å². The van der Waals surface area contributed by atoms with Gasteiger partial charge in [-0.2, -0.15) is 0 Å². The van der Waals surface area contributed by atoms with Crippen molar-refractivity contribution < 1.29 is 4.42 Å². The Kier molecular flexibility index (Phi) is 7.98. The lowest BCUT2D eigenvalue weighted by atomic mass is 9.99. The highest BCUT2D eigenvalue weighted by Crippen LogP contribution is 2.42. The maximum Gasteiger partial charge on any atom is 0.160 e. The van der Waals surface area contributed by atoms with Gasteiger partial charge in [-0.05, 0) is 90.8 Å². The number of aromatic nitrogens is 1.